The van der Waals surface area contributed by atoms with Crippen LogP contribution in [-0.2, 0) is 0 Å². The molecule has 1 aliphatic heterocycles. The molecule has 0 unspecified atom stereocenters. The smallest absolute Gasteiger partial charge is 0.255 e. The van der Waals surface area contributed by atoms with Crippen LogP contribution in [0.15, 0.2) is 48.5 Å². The molecule has 25 heavy (non-hydrogen) atoms. The van der Waals surface area contributed by atoms with Gasteiger partial charge in [0.15, 0.2) is 0 Å². The predicted octanol–water partition coefficient (Wildman–Crippen LogP) is 2.94. The molecular weight excluding hydrogens is 319 g/mol. The highest BCUT2D eigenvalue weighted by Gasteiger charge is 2.33. The van der Waals surface area contributed by atoms with Crippen molar-refractivity contribution < 1.29 is 14.3 Å². The summed E-state index contributed by atoms with van der Waals surface area (Å²) in [5.74, 6) is -0.954. The Morgan fingerprint density at radius 1 is 1.24 bits per heavy atom. The number of aliphatic hydroxyl groups is 1. The monoisotopic (exact) mass is 338 g/mol. The van der Waals surface area contributed by atoms with Crippen molar-refractivity contribution in [2.24, 2.45) is 5.92 Å². The van der Waals surface area contributed by atoms with E-state index in [1.165, 1.54) is 18.2 Å². The Morgan fingerprint density at radius 2 is 2.00 bits per heavy atom. The average Bonchev–Trinajstić information content (AvgIpc) is 2.67. The maximum Gasteiger partial charge on any atom is 0.255 e. The summed E-state index contributed by atoms with van der Waals surface area (Å²) in [6.07, 6.45) is 0.720. The lowest BCUT2D eigenvalue weighted by atomic mass is 9.80. The molecule has 0 aromatic heterocycles. The Labute approximate surface area is 146 Å². The maximum absolute atomic E-state index is 13.8. The molecule has 2 aromatic rings. The third-order valence-corrected chi connectivity index (χ3v) is 4.84. The van der Waals surface area contributed by atoms with E-state index < -0.39 is 5.82 Å². The van der Waals surface area contributed by atoms with Gasteiger partial charge in [-0.1, -0.05) is 36.4 Å². The molecule has 2 atom stereocenters. The molecule has 5 heteroatoms. The predicted molar refractivity (Wildman–Crippen MR) is 91.4 cm³/mol. The summed E-state index contributed by atoms with van der Waals surface area (Å²) in [6.45, 7) is 0.865. The number of hydrogen-bond acceptors (Lipinski definition) is 3. The molecule has 128 valence electrons. The number of aliphatic hydroxyl groups excluding tert-OH is 1. The first-order valence-corrected chi connectivity index (χ1v) is 8.29. The lowest BCUT2D eigenvalue weighted by Gasteiger charge is -2.38. The van der Waals surface area contributed by atoms with E-state index in [0.717, 1.165) is 12.0 Å². The number of nitrogens with zero attached hydrogens (tertiary/aromatic N) is 2. The molecule has 0 aliphatic carbocycles. The van der Waals surface area contributed by atoms with Crippen LogP contribution in [-0.4, -0.2) is 35.6 Å². The van der Waals surface area contributed by atoms with Crippen LogP contribution in [0.2, 0.25) is 0 Å². The minimum Gasteiger partial charge on any atom is -0.396 e. The summed E-state index contributed by atoms with van der Waals surface area (Å²) in [5, 5.41) is 18.9. The van der Waals surface area contributed by atoms with Gasteiger partial charge >= 0.3 is 0 Å². The van der Waals surface area contributed by atoms with Crippen molar-refractivity contribution in [1.29, 1.82) is 5.26 Å². The first-order chi connectivity index (χ1) is 12.2. The number of carbonyl (C=O) groups is 1. The fourth-order valence-electron chi connectivity index (χ4n) is 3.53. The summed E-state index contributed by atoms with van der Waals surface area (Å²) in [6, 6.07) is 15.8. The van der Waals surface area contributed by atoms with Crippen molar-refractivity contribution in [2.75, 3.05) is 19.7 Å². The second-order valence-corrected chi connectivity index (χ2v) is 6.27. The van der Waals surface area contributed by atoms with Crippen LogP contribution in [0.25, 0.3) is 0 Å². The van der Waals surface area contributed by atoms with Crippen molar-refractivity contribution in [3.8, 4) is 6.07 Å². The molecule has 3 rings (SSSR count). The van der Waals surface area contributed by atoms with Crippen LogP contribution in [0, 0.1) is 23.1 Å². The molecular formula is C20H19FN2O2. The van der Waals surface area contributed by atoms with Gasteiger partial charge in [-0.2, -0.15) is 5.26 Å². The Morgan fingerprint density at radius 3 is 2.68 bits per heavy atom. The molecule has 0 bridgehead atoms. The van der Waals surface area contributed by atoms with Crippen molar-refractivity contribution in [3.63, 3.8) is 0 Å². The van der Waals surface area contributed by atoms with Gasteiger partial charge < -0.3 is 10.0 Å². The molecule has 1 fully saturated rings. The first kappa shape index (κ1) is 17.1. The quantitative estimate of drug-likeness (QED) is 0.936. The van der Waals surface area contributed by atoms with Gasteiger partial charge in [-0.05, 0) is 30.0 Å². The second kappa shape index (κ2) is 7.45. The number of rotatable bonds is 3. The van der Waals surface area contributed by atoms with E-state index in [1.807, 2.05) is 30.3 Å². The highest BCUT2D eigenvalue weighted by atomic mass is 19.1. The highest BCUT2D eigenvalue weighted by Crippen LogP contribution is 2.33. The molecule has 1 heterocycles. The van der Waals surface area contributed by atoms with E-state index in [2.05, 4.69) is 0 Å². The SMILES string of the molecule is N#Cc1c(F)cccc1C(=O)N1CC[C@@H](c2ccccc2)[C@@H](CO)C1. The number of benzene rings is 2. The zero-order chi connectivity index (χ0) is 17.8. The van der Waals surface area contributed by atoms with Crippen LogP contribution in [0.1, 0.15) is 33.8 Å². The van der Waals surface area contributed by atoms with Gasteiger partial charge in [0.2, 0.25) is 0 Å². The van der Waals surface area contributed by atoms with E-state index in [4.69, 9.17) is 5.26 Å². The Hall–Kier alpha value is -2.71. The third-order valence-electron chi connectivity index (χ3n) is 4.84. The van der Waals surface area contributed by atoms with E-state index in [-0.39, 0.29) is 35.5 Å². The number of amides is 1. The highest BCUT2D eigenvalue weighted by molar-refractivity contribution is 5.96. The molecule has 0 radical (unpaired) electrons. The van der Waals surface area contributed by atoms with Crippen molar-refractivity contribution in [1.82, 2.24) is 4.90 Å². The second-order valence-electron chi connectivity index (χ2n) is 6.27. The maximum atomic E-state index is 13.8. The van der Waals surface area contributed by atoms with E-state index in [1.54, 1.807) is 11.0 Å². The molecule has 4 nitrogen and oxygen atoms in total. The topological polar surface area (TPSA) is 64.3 Å². The van der Waals surface area contributed by atoms with Gasteiger partial charge in [0.1, 0.15) is 17.4 Å². The van der Waals surface area contributed by atoms with Crippen LogP contribution < -0.4 is 0 Å². The first-order valence-electron chi connectivity index (χ1n) is 8.29. The molecule has 2 aromatic carbocycles. The fraction of sp³-hybridized carbons (Fsp3) is 0.300. The summed E-state index contributed by atoms with van der Waals surface area (Å²) >= 11 is 0. The number of nitriles is 1. The lowest BCUT2D eigenvalue weighted by molar-refractivity contribution is 0.0577. The standard InChI is InChI=1S/C20H19FN2O2/c21-19-8-4-7-17(18(19)11-22)20(25)23-10-9-16(15(12-23)13-24)14-5-2-1-3-6-14/h1-8,15-16,24H,9-10,12-13H2/t15-,16+/m1/s1. The van der Waals surface area contributed by atoms with Gasteiger partial charge in [0.05, 0.1) is 5.56 Å². The van der Waals surface area contributed by atoms with E-state index in [9.17, 15) is 14.3 Å². The normalized spacial score (nSPS) is 20.1. The van der Waals surface area contributed by atoms with Gasteiger partial charge in [0.25, 0.3) is 5.91 Å². The molecule has 1 N–H and O–H groups in total. The number of carbonyl (C=O) groups excluding carboxylic acids is 1. The minimum atomic E-state index is -0.689. The van der Waals surface area contributed by atoms with Gasteiger partial charge in [-0.15, -0.1) is 0 Å². The summed E-state index contributed by atoms with van der Waals surface area (Å²) in [5.41, 5.74) is 1.01. The summed E-state index contributed by atoms with van der Waals surface area (Å²) in [4.78, 5) is 14.4. The molecule has 0 saturated carbocycles. The van der Waals surface area contributed by atoms with Gasteiger partial charge in [-0.25, -0.2) is 4.39 Å². The Bertz CT molecular complexity index is 801. The van der Waals surface area contributed by atoms with Crippen molar-refractivity contribution >= 4 is 5.91 Å². The van der Waals surface area contributed by atoms with Crippen LogP contribution >= 0.6 is 0 Å². The van der Waals surface area contributed by atoms with Gasteiger partial charge in [0, 0.05) is 25.6 Å². The Balaban J connectivity index is 1.81. The number of hydrogen-bond donors (Lipinski definition) is 1. The Kier molecular flexibility index (Phi) is 5.11. The van der Waals surface area contributed by atoms with Crippen molar-refractivity contribution in [2.45, 2.75) is 12.3 Å². The number of halogens is 1. The molecule has 0 spiro atoms. The fourth-order valence-corrected chi connectivity index (χ4v) is 3.53. The molecule has 1 aliphatic rings. The number of piperidine rings is 1. The van der Waals surface area contributed by atoms with Crippen molar-refractivity contribution in [3.05, 3.63) is 71.0 Å². The zero-order valence-corrected chi connectivity index (χ0v) is 13.7. The van der Waals surface area contributed by atoms with Crippen LogP contribution in [0.3, 0.4) is 0 Å². The summed E-state index contributed by atoms with van der Waals surface area (Å²) in [7, 11) is 0. The zero-order valence-electron chi connectivity index (χ0n) is 13.7. The average molecular weight is 338 g/mol. The van der Waals surface area contributed by atoms with E-state index >= 15 is 0 Å². The third kappa shape index (κ3) is 3.40. The summed E-state index contributed by atoms with van der Waals surface area (Å²) < 4.78 is 13.8. The molecule has 1 saturated heterocycles. The van der Waals surface area contributed by atoms with Crippen LogP contribution in [0.4, 0.5) is 4.39 Å². The molecule has 1 amide bonds. The minimum absolute atomic E-state index is 0.0302. The lowest BCUT2D eigenvalue weighted by Crippen LogP contribution is -2.44. The van der Waals surface area contributed by atoms with E-state index in [0.29, 0.717) is 13.1 Å². The number of likely N-dealkylation sites (tertiary alicyclic amines) is 1. The van der Waals surface area contributed by atoms with Crippen LogP contribution in [0.5, 0.6) is 0 Å². The largest absolute Gasteiger partial charge is 0.396 e. The van der Waals surface area contributed by atoms with Gasteiger partial charge in [-0.3, -0.25) is 4.79 Å².